The van der Waals surface area contributed by atoms with Crippen LogP contribution in [0.25, 0.3) is 0 Å². The molecular formula is C17H13Cl2NO5. The summed E-state index contributed by atoms with van der Waals surface area (Å²) < 4.78 is 5.67. The highest BCUT2D eigenvalue weighted by atomic mass is 35.5. The summed E-state index contributed by atoms with van der Waals surface area (Å²) in [7, 11) is 0. The molecule has 0 aromatic heterocycles. The van der Waals surface area contributed by atoms with Crippen molar-refractivity contribution < 1.29 is 24.5 Å². The molecular weight excluding hydrogens is 369 g/mol. The number of hydrogen-bond donors (Lipinski definition) is 3. The van der Waals surface area contributed by atoms with Gasteiger partial charge in [0.05, 0.1) is 16.8 Å². The smallest absolute Gasteiger partial charge is 0.352 e. The van der Waals surface area contributed by atoms with Crippen LogP contribution in [0.3, 0.4) is 0 Å². The van der Waals surface area contributed by atoms with Crippen LogP contribution in [0.15, 0.2) is 54.2 Å². The van der Waals surface area contributed by atoms with Gasteiger partial charge in [0.15, 0.2) is 5.75 Å². The highest BCUT2D eigenvalue weighted by molar-refractivity contribution is 6.36. The Labute approximate surface area is 153 Å². The minimum atomic E-state index is -1.45. The van der Waals surface area contributed by atoms with E-state index in [2.05, 4.69) is 5.32 Å². The van der Waals surface area contributed by atoms with Crippen molar-refractivity contribution in [1.82, 2.24) is 0 Å². The molecule has 0 heterocycles. The zero-order valence-corrected chi connectivity index (χ0v) is 14.2. The van der Waals surface area contributed by atoms with Gasteiger partial charge in [0, 0.05) is 5.02 Å². The molecule has 2 aromatic rings. The molecule has 8 heteroatoms. The number of rotatable bonds is 7. The van der Waals surface area contributed by atoms with Crippen molar-refractivity contribution >= 4 is 40.8 Å². The maximum Gasteiger partial charge on any atom is 0.352 e. The van der Waals surface area contributed by atoms with Gasteiger partial charge in [0.25, 0.3) is 0 Å². The van der Waals surface area contributed by atoms with E-state index in [-0.39, 0.29) is 28.1 Å². The summed E-state index contributed by atoms with van der Waals surface area (Å²) in [6, 6.07) is 12.1. The standard InChI is InChI=1S/C17H13Cl2NO5/c18-11-6-12(19)16(25-9-10-4-2-1-3-5-10)13(7-11)20-14(17(23)24)8-15(21)22/h1-8,20H,9H2,(H,21,22)(H,23,24). The fraction of sp³-hybridized carbons (Fsp3) is 0.0588. The molecule has 0 radical (unpaired) electrons. The van der Waals surface area contributed by atoms with E-state index in [0.29, 0.717) is 6.08 Å². The molecule has 0 atom stereocenters. The van der Waals surface area contributed by atoms with Gasteiger partial charge in [0.1, 0.15) is 12.3 Å². The van der Waals surface area contributed by atoms with Crippen LogP contribution in [0.4, 0.5) is 5.69 Å². The van der Waals surface area contributed by atoms with Crippen molar-refractivity contribution in [3.05, 3.63) is 69.8 Å². The number of nitrogens with one attached hydrogen (secondary N) is 1. The van der Waals surface area contributed by atoms with E-state index in [1.165, 1.54) is 12.1 Å². The van der Waals surface area contributed by atoms with Gasteiger partial charge in [-0.15, -0.1) is 0 Å². The second-order valence-corrected chi connectivity index (χ2v) is 5.71. The molecule has 25 heavy (non-hydrogen) atoms. The van der Waals surface area contributed by atoms with Crippen molar-refractivity contribution in [2.75, 3.05) is 5.32 Å². The van der Waals surface area contributed by atoms with Crippen molar-refractivity contribution in [2.24, 2.45) is 0 Å². The van der Waals surface area contributed by atoms with Crippen molar-refractivity contribution in [3.8, 4) is 5.75 Å². The molecule has 0 bridgehead atoms. The number of aliphatic carboxylic acids is 2. The van der Waals surface area contributed by atoms with E-state index in [1.54, 1.807) is 0 Å². The predicted octanol–water partition coefficient (Wildman–Crippen LogP) is 4.04. The van der Waals surface area contributed by atoms with Crippen molar-refractivity contribution in [2.45, 2.75) is 6.61 Å². The molecule has 0 fully saturated rings. The number of benzene rings is 2. The minimum Gasteiger partial charge on any atom is -0.485 e. The lowest BCUT2D eigenvalue weighted by Gasteiger charge is -2.15. The number of carbonyl (C=O) groups is 2. The first-order chi connectivity index (χ1) is 11.9. The molecule has 130 valence electrons. The lowest BCUT2D eigenvalue weighted by molar-refractivity contribution is -0.134. The molecule has 0 aliphatic carbocycles. The highest BCUT2D eigenvalue weighted by Gasteiger charge is 2.16. The molecule has 6 nitrogen and oxygen atoms in total. The van der Waals surface area contributed by atoms with E-state index in [4.69, 9.17) is 38.2 Å². The first kappa shape index (κ1) is 18.6. The number of ether oxygens (including phenoxy) is 1. The summed E-state index contributed by atoms with van der Waals surface area (Å²) in [6.45, 7) is 0.182. The normalized spacial score (nSPS) is 11.0. The third-order valence-electron chi connectivity index (χ3n) is 3.00. The second-order valence-electron chi connectivity index (χ2n) is 4.86. The average Bonchev–Trinajstić information content (AvgIpc) is 2.53. The predicted molar refractivity (Wildman–Crippen MR) is 94.2 cm³/mol. The largest absolute Gasteiger partial charge is 0.485 e. The van der Waals surface area contributed by atoms with Crippen LogP contribution >= 0.6 is 23.2 Å². The topological polar surface area (TPSA) is 95.9 Å². The van der Waals surface area contributed by atoms with Gasteiger partial charge in [-0.3, -0.25) is 0 Å². The lowest BCUT2D eigenvalue weighted by Crippen LogP contribution is -2.13. The molecule has 0 aliphatic heterocycles. The number of carboxylic acid groups (broad SMARTS) is 2. The minimum absolute atomic E-state index is 0.142. The zero-order chi connectivity index (χ0) is 18.4. The van der Waals surface area contributed by atoms with E-state index in [1.807, 2.05) is 30.3 Å². The molecule has 0 saturated carbocycles. The Balaban J connectivity index is 2.33. The maximum atomic E-state index is 11.2. The zero-order valence-electron chi connectivity index (χ0n) is 12.7. The van der Waals surface area contributed by atoms with Gasteiger partial charge in [-0.1, -0.05) is 53.5 Å². The number of halogens is 2. The Morgan fingerprint density at radius 1 is 1.12 bits per heavy atom. The quantitative estimate of drug-likeness (QED) is 0.626. The van der Waals surface area contributed by atoms with Crippen LogP contribution in [0, 0.1) is 0 Å². The van der Waals surface area contributed by atoms with Gasteiger partial charge >= 0.3 is 11.9 Å². The summed E-state index contributed by atoms with van der Waals surface area (Å²) in [5.74, 6) is -2.70. The Kier molecular flexibility index (Phi) is 6.27. The Morgan fingerprint density at radius 3 is 2.40 bits per heavy atom. The first-order valence-corrected chi connectivity index (χ1v) is 7.73. The van der Waals surface area contributed by atoms with Crippen LogP contribution in [0.5, 0.6) is 5.75 Å². The Bertz CT molecular complexity index is 821. The first-order valence-electron chi connectivity index (χ1n) is 6.97. The highest BCUT2D eigenvalue weighted by Crippen LogP contribution is 2.37. The van der Waals surface area contributed by atoms with Crippen LogP contribution in [0.1, 0.15) is 5.56 Å². The van der Waals surface area contributed by atoms with Crippen LogP contribution in [-0.2, 0) is 16.2 Å². The molecule has 0 unspecified atom stereocenters. The number of hydrogen-bond acceptors (Lipinski definition) is 4. The van der Waals surface area contributed by atoms with Gasteiger partial charge in [-0.05, 0) is 17.7 Å². The summed E-state index contributed by atoms with van der Waals surface area (Å²) >= 11 is 12.1. The van der Waals surface area contributed by atoms with Gasteiger partial charge in [0.2, 0.25) is 0 Å². The van der Waals surface area contributed by atoms with E-state index in [0.717, 1.165) is 5.56 Å². The summed E-state index contributed by atoms with van der Waals surface area (Å²) in [5, 5.41) is 20.8. The van der Waals surface area contributed by atoms with E-state index >= 15 is 0 Å². The van der Waals surface area contributed by atoms with Gasteiger partial charge in [-0.25, -0.2) is 9.59 Å². The maximum absolute atomic E-state index is 11.2. The SMILES string of the molecule is O=C(O)C=C(Nc1cc(Cl)cc(Cl)c1OCc1ccccc1)C(=O)O. The van der Waals surface area contributed by atoms with Crippen molar-refractivity contribution in [1.29, 1.82) is 0 Å². The molecule has 2 rings (SSSR count). The average molecular weight is 382 g/mol. The number of anilines is 1. The molecule has 3 N–H and O–H groups in total. The van der Waals surface area contributed by atoms with Crippen molar-refractivity contribution in [3.63, 3.8) is 0 Å². The molecule has 0 spiro atoms. The fourth-order valence-electron chi connectivity index (χ4n) is 1.95. The van der Waals surface area contributed by atoms with Crippen LogP contribution < -0.4 is 10.1 Å². The lowest BCUT2D eigenvalue weighted by atomic mass is 10.2. The Hall–Kier alpha value is -2.70. The summed E-state index contributed by atoms with van der Waals surface area (Å²) in [4.78, 5) is 22.0. The third-order valence-corrected chi connectivity index (χ3v) is 3.50. The third kappa shape index (κ3) is 5.41. The van der Waals surface area contributed by atoms with Gasteiger partial charge in [-0.2, -0.15) is 0 Å². The monoisotopic (exact) mass is 381 g/mol. The van der Waals surface area contributed by atoms with Crippen LogP contribution in [0.2, 0.25) is 10.0 Å². The van der Waals surface area contributed by atoms with E-state index in [9.17, 15) is 9.59 Å². The second kappa shape index (κ2) is 8.41. The molecule has 0 aliphatic rings. The Morgan fingerprint density at radius 2 is 1.80 bits per heavy atom. The number of carboxylic acids is 2. The molecule has 0 saturated heterocycles. The molecule has 0 amide bonds. The van der Waals surface area contributed by atoms with Crippen LogP contribution in [-0.4, -0.2) is 22.2 Å². The van der Waals surface area contributed by atoms with Gasteiger partial charge < -0.3 is 20.3 Å². The fourth-order valence-corrected chi connectivity index (χ4v) is 2.50. The van der Waals surface area contributed by atoms with E-state index < -0.39 is 17.6 Å². The summed E-state index contributed by atoms with van der Waals surface area (Å²) in [5.41, 5.74) is 0.456. The summed E-state index contributed by atoms with van der Waals surface area (Å²) in [6.07, 6.45) is 0.526. The molecule has 2 aromatic carbocycles.